The summed E-state index contributed by atoms with van der Waals surface area (Å²) in [6.45, 7) is 1.93. The molecule has 6 nitrogen and oxygen atoms in total. The first-order valence-electron chi connectivity index (χ1n) is 7.02. The van der Waals surface area contributed by atoms with Crippen LogP contribution in [0.3, 0.4) is 0 Å². The summed E-state index contributed by atoms with van der Waals surface area (Å²) >= 11 is 0. The van der Waals surface area contributed by atoms with E-state index in [9.17, 15) is 9.18 Å². The summed E-state index contributed by atoms with van der Waals surface area (Å²) in [7, 11) is 1.48. The summed E-state index contributed by atoms with van der Waals surface area (Å²) < 4.78 is 22.0. The Morgan fingerprint density at radius 1 is 1.17 bits per heavy atom. The van der Waals surface area contributed by atoms with E-state index in [0.29, 0.717) is 11.4 Å². The molecule has 0 saturated carbocycles. The molecule has 0 aliphatic carbocycles. The van der Waals surface area contributed by atoms with Crippen LogP contribution in [0.1, 0.15) is 11.1 Å². The second-order valence-corrected chi connectivity index (χ2v) is 5.14. The molecule has 1 aromatic heterocycles. The average Bonchev–Trinajstić information content (AvgIpc) is 2.86. The van der Waals surface area contributed by atoms with Gasteiger partial charge in [0.05, 0.1) is 11.3 Å². The number of nitrogens with zero attached hydrogens (tertiary/aromatic N) is 4. The van der Waals surface area contributed by atoms with Gasteiger partial charge in [-0.05, 0) is 47.2 Å². The Bertz CT molecular complexity index is 901. The maximum absolute atomic E-state index is 14.2. The molecule has 0 aliphatic rings. The minimum absolute atomic E-state index is 0.0194. The lowest BCUT2D eigenvalue weighted by atomic mass is 10.1. The van der Waals surface area contributed by atoms with E-state index in [1.165, 1.54) is 19.2 Å². The van der Waals surface area contributed by atoms with E-state index < -0.39 is 11.5 Å². The molecule has 2 aromatic carbocycles. The van der Waals surface area contributed by atoms with Gasteiger partial charge in [0.15, 0.2) is 0 Å². The molecule has 1 heterocycles. The van der Waals surface area contributed by atoms with Crippen LogP contribution in [0, 0.1) is 12.7 Å². The SMILES string of the molecule is Cc1cccc(OCc2c(F)cccc2-n2nnn(C)c2=O)c1. The molecule has 0 saturated heterocycles. The predicted molar refractivity (Wildman–Crippen MR) is 82.1 cm³/mol. The quantitative estimate of drug-likeness (QED) is 0.739. The molecular formula is C16H15FN4O2. The van der Waals surface area contributed by atoms with Gasteiger partial charge in [0.1, 0.15) is 18.2 Å². The van der Waals surface area contributed by atoms with Crippen molar-refractivity contribution in [3.05, 3.63) is 69.9 Å². The Morgan fingerprint density at radius 3 is 2.65 bits per heavy atom. The summed E-state index contributed by atoms with van der Waals surface area (Å²) in [6, 6.07) is 11.9. The average molecular weight is 314 g/mol. The highest BCUT2D eigenvalue weighted by atomic mass is 19.1. The van der Waals surface area contributed by atoms with E-state index in [4.69, 9.17) is 4.74 Å². The Balaban J connectivity index is 1.96. The molecule has 0 N–H and O–H groups in total. The highest BCUT2D eigenvalue weighted by Crippen LogP contribution is 2.20. The molecule has 118 valence electrons. The minimum atomic E-state index is -0.465. The van der Waals surface area contributed by atoms with E-state index in [1.807, 2.05) is 25.1 Å². The van der Waals surface area contributed by atoms with Crippen LogP contribution >= 0.6 is 0 Å². The molecule has 0 aliphatic heterocycles. The van der Waals surface area contributed by atoms with Gasteiger partial charge in [-0.2, -0.15) is 9.36 Å². The zero-order chi connectivity index (χ0) is 16.4. The van der Waals surface area contributed by atoms with Gasteiger partial charge in [0, 0.05) is 7.05 Å². The van der Waals surface area contributed by atoms with Gasteiger partial charge in [0.25, 0.3) is 0 Å². The molecule has 0 fully saturated rings. The van der Waals surface area contributed by atoms with Crippen LogP contribution in [0.2, 0.25) is 0 Å². The van der Waals surface area contributed by atoms with Crippen LogP contribution < -0.4 is 10.4 Å². The number of hydrogen-bond donors (Lipinski definition) is 0. The van der Waals surface area contributed by atoms with Gasteiger partial charge < -0.3 is 4.74 Å². The third-order valence-electron chi connectivity index (χ3n) is 3.42. The summed E-state index contributed by atoms with van der Waals surface area (Å²) in [5, 5.41) is 7.40. The third kappa shape index (κ3) is 2.98. The second kappa shape index (κ2) is 6.04. The van der Waals surface area contributed by atoms with Crippen LogP contribution in [0.25, 0.3) is 5.69 Å². The monoisotopic (exact) mass is 314 g/mol. The Labute approximate surface area is 131 Å². The highest BCUT2D eigenvalue weighted by molar-refractivity contribution is 5.41. The van der Waals surface area contributed by atoms with Crippen LogP contribution in [0.4, 0.5) is 4.39 Å². The summed E-state index contributed by atoms with van der Waals surface area (Å²) in [5.41, 5.74) is 1.15. The zero-order valence-electron chi connectivity index (χ0n) is 12.7. The highest BCUT2D eigenvalue weighted by Gasteiger charge is 2.15. The second-order valence-electron chi connectivity index (χ2n) is 5.14. The Kier molecular flexibility index (Phi) is 3.92. The van der Waals surface area contributed by atoms with Gasteiger partial charge >= 0.3 is 5.69 Å². The number of aromatic nitrogens is 4. The number of halogens is 1. The fourth-order valence-electron chi connectivity index (χ4n) is 2.21. The Morgan fingerprint density at radius 2 is 1.96 bits per heavy atom. The van der Waals surface area contributed by atoms with Crippen LogP contribution in [0.5, 0.6) is 5.75 Å². The Hall–Kier alpha value is -2.96. The van der Waals surface area contributed by atoms with Crippen molar-refractivity contribution >= 4 is 0 Å². The fourth-order valence-corrected chi connectivity index (χ4v) is 2.21. The van der Waals surface area contributed by atoms with E-state index in [-0.39, 0.29) is 12.2 Å². The largest absolute Gasteiger partial charge is 0.489 e. The van der Waals surface area contributed by atoms with E-state index >= 15 is 0 Å². The summed E-state index contributed by atoms with van der Waals surface area (Å²) in [6.07, 6.45) is 0. The molecular weight excluding hydrogens is 299 g/mol. The third-order valence-corrected chi connectivity index (χ3v) is 3.42. The van der Waals surface area contributed by atoms with Gasteiger partial charge in [0.2, 0.25) is 0 Å². The van der Waals surface area contributed by atoms with Crippen molar-refractivity contribution in [3.8, 4) is 11.4 Å². The molecule has 3 aromatic rings. The molecule has 3 rings (SSSR count). The van der Waals surface area contributed by atoms with Gasteiger partial charge in [-0.15, -0.1) is 0 Å². The van der Waals surface area contributed by atoms with E-state index in [1.54, 1.807) is 12.1 Å². The molecule has 0 radical (unpaired) electrons. The fraction of sp³-hybridized carbons (Fsp3) is 0.188. The molecule has 0 amide bonds. The predicted octanol–water partition coefficient (Wildman–Crippen LogP) is 1.99. The van der Waals surface area contributed by atoms with E-state index in [2.05, 4.69) is 10.4 Å². The first-order valence-corrected chi connectivity index (χ1v) is 7.02. The maximum Gasteiger partial charge on any atom is 0.368 e. The molecule has 0 atom stereocenters. The van der Waals surface area contributed by atoms with Gasteiger partial charge in [-0.25, -0.2) is 9.18 Å². The van der Waals surface area contributed by atoms with Crippen molar-refractivity contribution in [2.75, 3.05) is 0 Å². The lowest BCUT2D eigenvalue weighted by molar-refractivity contribution is 0.299. The lowest BCUT2D eigenvalue weighted by Gasteiger charge is -2.11. The molecule has 0 spiro atoms. The van der Waals surface area contributed by atoms with Crippen molar-refractivity contribution in [2.24, 2.45) is 7.05 Å². The van der Waals surface area contributed by atoms with Crippen LogP contribution in [-0.2, 0) is 13.7 Å². The summed E-state index contributed by atoms with van der Waals surface area (Å²) in [4.78, 5) is 12.0. The van der Waals surface area contributed by atoms with Gasteiger partial charge in [-0.3, -0.25) is 0 Å². The molecule has 7 heteroatoms. The van der Waals surface area contributed by atoms with Crippen molar-refractivity contribution in [2.45, 2.75) is 13.5 Å². The number of ether oxygens (including phenoxy) is 1. The first kappa shape index (κ1) is 15.0. The van der Waals surface area contributed by atoms with E-state index in [0.717, 1.165) is 14.9 Å². The molecule has 23 heavy (non-hydrogen) atoms. The number of hydrogen-bond acceptors (Lipinski definition) is 4. The number of tetrazole rings is 1. The van der Waals surface area contributed by atoms with Crippen molar-refractivity contribution in [1.82, 2.24) is 19.8 Å². The summed E-state index contributed by atoms with van der Waals surface area (Å²) in [5.74, 6) is 0.165. The van der Waals surface area contributed by atoms with Crippen LogP contribution in [0.15, 0.2) is 47.3 Å². The first-order chi connectivity index (χ1) is 11.1. The maximum atomic E-state index is 14.2. The molecule has 0 bridgehead atoms. The molecule has 0 unspecified atom stereocenters. The topological polar surface area (TPSA) is 61.9 Å². The lowest BCUT2D eigenvalue weighted by Crippen LogP contribution is -2.23. The van der Waals surface area contributed by atoms with Crippen molar-refractivity contribution in [3.63, 3.8) is 0 Å². The number of aryl methyl sites for hydroxylation is 2. The smallest absolute Gasteiger partial charge is 0.368 e. The van der Waals surface area contributed by atoms with Crippen LogP contribution in [-0.4, -0.2) is 19.8 Å². The van der Waals surface area contributed by atoms with Gasteiger partial charge in [-0.1, -0.05) is 18.2 Å². The van der Waals surface area contributed by atoms with Crippen molar-refractivity contribution < 1.29 is 9.13 Å². The number of rotatable bonds is 4. The standard InChI is InChI=1S/C16H15FN4O2/c1-11-5-3-6-12(9-11)23-10-13-14(17)7-4-8-15(13)21-16(22)20(2)18-19-21/h3-9H,10H2,1-2H3. The normalized spacial score (nSPS) is 10.7. The minimum Gasteiger partial charge on any atom is -0.489 e. The zero-order valence-corrected chi connectivity index (χ0v) is 12.7. The van der Waals surface area contributed by atoms with Crippen molar-refractivity contribution in [1.29, 1.82) is 0 Å². The number of benzene rings is 2.